The van der Waals surface area contributed by atoms with E-state index in [0.29, 0.717) is 9.78 Å². The zero-order chi connectivity index (χ0) is 25.5. The molecule has 0 spiro atoms. The summed E-state index contributed by atoms with van der Waals surface area (Å²) in [4.78, 5) is 35.1. The van der Waals surface area contributed by atoms with Crippen molar-refractivity contribution < 1.29 is 36.6 Å². The Hall–Kier alpha value is -2.42. The second kappa shape index (κ2) is 10.5. The standard InChI is InChI=1S/C21H22F5N5O3S.ClH/c22-20(23)5-3-15(32)31(19(20)34)9-11(27)8-16(33)30-6-4-12-13(10-30)28-18(14-2-1-7-35-14)29-17(12)21(24,25)26;/h1-2,7,11,19,34H,3-6,8-10,27H2;1H/t11-,19-;/m0./s1. The highest BCUT2D eigenvalue weighted by Crippen LogP contribution is 2.36. The van der Waals surface area contributed by atoms with E-state index in [-0.39, 0.29) is 55.4 Å². The molecule has 4 heterocycles. The number of rotatable bonds is 5. The van der Waals surface area contributed by atoms with Crippen molar-refractivity contribution in [2.75, 3.05) is 13.1 Å². The van der Waals surface area contributed by atoms with Crippen LogP contribution in [0.2, 0.25) is 0 Å². The van der Waals surface area contributed by atoms with Gasteiger partial charge < -0.3 is 20.6 Å². The van der Waals surface area contributed by atoms with Crippen LogP contribution in [0.5, 0.6) is 0 Å². The number of carbonyl (C=O) groups excluding carboxylic acids is 2. The number of carbonyl (C=O) groups is 2. The molecule has 2 atom stereocenters. The second-order valence-corrected chi connectivity index (χ2v) is 9.45. The third kappa shape index (κ3) is 5.76. The maximum absolute atomic E-state index is 13.8. The van der Waals surface area contributed by atoms with E-state index in [1.165, 1.54) is 16.2 Å². The average Bonchev–Trinajstić information content (AvgIpc) is 3.33. The third-order valence-corrected chi connectivity index (χ3v) is 6.83. The number of hydrogen-bond donors (Lipinski definition) is 2. The fraction of sp³-hybridized carbons (Fsp3) is 0.524. The van der Waals surface area contributed by atoms with Gasteiger partial charge in [0.05, 0.1) is 17.1 Å². The molecule has 2 amide bonds. The zero-order valence-electron chi connectivity index (χ0n) is 18.7. The summed E-state index contributed by atoms with van der Waals surface area (Å²) in [5, 5.41) is 11.5. The topological polar surface area (TPSA) is 113 Å². The van der Waals surface area contributed by atoms with E-state index in [2.05, 4.69) is 9.97 Å². The lowest BCUT2D eigenvalue weighted by molar-refractivity contribution is -0.205. The lowest BCUT2D eigenvalue weighted by Gasteiger charge is -2.38. The van der Waals surface area contributed by atoms with E-state index in [1.54, 1.807) is 17.5 Å². The van der Waals surface area contributed by atoms with Crippen LogP contribution in [-0.4, -0.2) is 68.0 Å². The van der Waals surface area contributed by atoms with Gasteiger partial charge in [-0.25, -0.2) is 18.7 Å². The van der Waals surface area contributed by atoms with Crippen molar-refractivity contribution in [1.29, 1.82) is 0 Å². The molecular formula is C21H23ClF5N5O3S. The number of aliphatic hydroxyl groups is 1. The summed E-state index contributed by atoms with van der Waals surface area (Å²) in [7, 11) is 0. The van der Waals surface area contributed by atoms with Crippen LogP contribution in [0.4, 0.5) is 22.0 Å². The number of aromatic nitrogens is 2. The number of piperidine rings is 1. The number of fused-ring (bicyclic) bond motifs is 1. The van der Waals surface area contributed by atoms with Gasteiger partial charge in [0.15, 0.2) is 17.7 Å². The highest BCUT2D eigenvalue weighted by atomic mass is 35.5. The summed E-state index contributed by atoms with van der Waals surface area (Å²) in [5.74, 6) is -4.80. The van der Waals surface area contributed by atoms with E-state index >= 15 is 0 Å². The molecule has 2 aliphatic rings. The molecular weight excluding hydrogens is 533 g/mol. The smallest absolute Gasteiger partial charge is 0.368 e. The van der Waals surface area contributed by atoms with E-state index in [4.69, 9.17) is 5.73 Å². The van der Waals surface area contributed by atoms with Crippen LogP contribution >= 0.6 is 23.7 Å². The van der Waals surface area contributed by atoms with E-state index in [1.807, 2.05) is 0 Å². The molecule has 8 nitrogen and oxygen atoms in total. The minimum absolute atomic E-state index is 0. The van der Waals surface area contributed by atoms with Gasteiger partial charge >= 0.3 is 6.18 Å². The van der Waals surface area contributed by atoms with Crippen LogP contribution in [0.1, 0.15) is 36.2 Å². The van der Waals surface area contributed by atoms with Crippen molar-refractivity contribution in [2.45, 2.75) is 56.6 Å². The first-order valence-corrected chi connectivity index (χ1v) is 11.6. The van der Waals surface area contributed by atoms with Gasteiger partial charge in [0.1, 0.15) is 0 Å². The van der Waals surface area contributed by atoms with E-state index in [9.17, 15) is 36.6 Å². The molecule has 198 valence electrons. The number of amides is 2. The quantitative estimate of drug-likeness (QED) is 0.549. The molecule has 0 unspecified atom stereocenters. The predicted octanol–water partition coefficient (Wildman–Crippen LogP) is 2.82. The second-order valence-electron chi connectivity index (χ2n) is 8.51. The Kier molecular flexibility index (Phi) is 8.23. The Balaban J connectivity index is 0.00000361. The summed E-state index contributed by atoms with van der Waals surface area (Å²) in [5.41, 5.74) is 4.89. The molecule has 0 bridgehead atoms. The molecule has 15 heteroatoms. The lowest BCUT2D eigenvalue weighted by Crippen LogP contribution is -2.58. The van der Waals surface area contributed by atoms with Crippen molar-refractivity contribution in [3.05, 3.63) is 34.5 Å². The maximum atomic E-state index is 13.8. The minimum atomic E-state index is -4.70. The first-order valence-electron chi connectivity index (χ1n) is 10.8. The molecule has 0 aliphatic carbocycles. The van der Waals surface area contributed by atoms with Gasteiger partial charge in [-0.05, 0) is 17.9 Å². The molecule has 36 heavy (non-hydrogen) atoms. The fourth-order valence-corrected chi connectivity index (χ4v) is 4.83. The monoisotopic (exact) mass is 555 g/mol. The Morgan fingerprint density at radius 3 is 2.67 bits per heavy atom. The molecule has 2 aliphatic heterocycles. The average molecular weight is 556 g/mol. The molecule has 2 aromatic rings. The number of nitrogens with zero attached hydrogens (tertiary/aromatic N) is 4. The van der Waals surface area contributed by atoms with Crippen molar-refractivity contribution in [3.8, 4) is 10.7 Å². The molecule has 2 aromatic heterocycles. The van der Waals surface area contributed by atoms with Gasteiger partial charge in [0, 0.05) is 44.0 Å². The van der Waals surface area contributed by atoms with Crippen LogP contribution in [0.15, 0.2) is 17.5 Å². The number of thiophene rings is 1. The van der Waals surface area contributed by atoms with Crippen LogP contribution in [0.3, 0.4) is 0 Å². The van der Waals surface area contributed by atoms with Gasteiger partial charge in [0.25, 0.3) is 5.92 Å². The molecule has 0 aromatic carbocycles. The van der Waals surface area contributed by atoms with Gasteiger partial charge in [-0.2, -0.15) is 13.2 Å². The molecule has 3 N–H and O–H groups in total. The summed E-state index contributed by atoms with van der Waals surface area (Å²) in [6.07, 6.45) is -8.74. The summed E-state index contributed by atoms with van der Waals surface area (Å²) in [6.45, 7) is -0.699. The lowest BCUT2D eigenvalue weighted by atomic mass is 10.0. The van der Waals surface area contributed by atoms with Gasteiger partial charge in [0.2, 0.25) is 11.8 Å². The summed E-state index contributed by atoms with van der Waals surface area (Å²) < 4.78 is 68.6. The third-order valence-electron chi connectivity index (χ3n) is 5.96. The minimum Gasteiger partial charge on any atom is -0.368 e. The number of aliphatic hydroxyl groups excluding tert-OH is 1. The number of nitrogens with two attached hydrogens (primary N) is 1. The van der Waals surface area contributed by atoms with Gasteiger partial charge in [-0.1, -0.05) is 6.07 Å². The predicted molar refractivity (Wildman–Crippen MR) is 121 cm³/mol. The molecule has 1 fully saturated rings. The van der Waals surface area contributed by atoms with Crippen LogP contribution in [-0.2, 0) is 28.7 Å². The summed E-state index contributed by atoms with van der Waals surface area (Å²) in [6, 6.07) is 2.19. The van der Waals surface area contributed by atoms with Gasteiger partial charge in [-0.3, -0.25) is 9.59 Å². The van der Waals surface area contributed by atoms with Crippen molar-refractivity contribution in [1.82, 2.24) is 19.8 Å². The van der Waals surface area contributed by atoms with Crippen molar-refractivity contribution in [2.24, 2.45) is 5.73 Å². The Morgan fingerprint density at radius 2 is 2.03 bits per heavy atom. The number of alkyl halides is 5. The number of halogens is 6. The highest BCUT2D eigenvalue weighted by molar-refractivity contribution is 7.13. The molecule has 1 saturated heterocycles. The number of likely N-dealkylation sites (tertiary alicyclic amines) is 1. The maximum Gasteiger partial charge on any atom is 0.433 e. The van der Waals surface area contributed by atoms with Crippen LogP contribution in [0.25, 0.3) is 10.7 Å². The van der Waals surface area contributed by atoms with E-state index in [0.717, 1.165) is 0 Å². The zero-order valence-corrected chi connectivity index (χ0v) is 20.3. The molecule has 0 saturated carbocycles. The normalized spacial score (nSPS) is 20.5. The van der Waals surface area contributed by atoms with Crippen LogP contribution < -0.4 is 5.73 Å². The van der Waals surface area contributed by atoms with E-state index < -0.39 is 61.3 Å². The number of hydrogen-bond acceptors (Lipinski definition) is 7. The SMILES string of the molecule is Cl.N[C@@H](CC(=O)N1CCc2c(nc(-c3cccs3)nc2C(F)(F)F)C1)CN1C(=O)CCC(F)(F)[C@@H]1O. The summed E-state index contributed by atoms with van der Waals surface area (Å²) >= 11 is 1.18. The highest BCUT2D eigenvalue weighted by Gasteiger charge is 2.48. The Bertz CT molecular complexity index is 1120. The first-order chi connectivity index (χ1) is 16.4. The van der Waals surface area contributed by atoms with Crippen molar-refractivity contribution >= 4 is 35.6 Å². The van der Waals surface area contributed by atoms with Crippen molar-refractivity contribution in [3.63, 3.8) is 0 Å². The molecule has 0 radical (unpaired) electrons. The Labute approximate surface area is 212 Å². The fourth-order valence-electron chi connectivity index (χ4n) is 4.18. The molecule has 4 rings (SSSR count). The van der Waals surface area contributed by atoms with Crippen LogP contribution in [0, 0.1) is 0 Å². The van der Waals surface area contributed by atoms with Gasteiger partial charge in [-0.15, -0.1) is 23.7 Å². The largest absolute Gasteiger partial charge is 0.433 e. The first kappa shape index (κ1) is 28.2. The Morgan fingerprint density at radius 1 is 1.31 bits per heavy atom.